The Kier molecular flexibility index (Phi) is 2.60. The topological polar surface area (TPSA) is 26.3 Å². The molecule has 0 saturated carbocycles. The van der Waals surface area contributed by atoms with Gasteiger partial charge in [0.25, 0.3) is 0 Å². The molecule has 1 aliphatic rings. The molecule has 0 spiro atoms. The zero-order chi connectivity index (χ0) is 10.1. The Morgan fingerprint density at radius 1 is 1.46 bits per heavy atom. The van der Waals surface area contributed by atoms with Crippen LogP contribution in [-0.4, -0.2) is 13.1 Å². The minimum atomic E-state index is -0.212. The number of rotatable bonds is 1. The van der Waals surface area contributed by atoms with Gasteiger partial charge in [0.15, 0.2) is 0 Å². The molecule has 0 fully saturated rings. The van der Waals surface area contributed by atoms with Crippen LogP contribution < -0.4 is 0 Å². The van der Waals surface area contributed by atoms with Crippen molar-refractivity contribution in [3.8, 4) is 0 Å². The average Bonchev–Trinajstić information content (AvgIpc) is 2.50. The van der Waals surface area contributed by atoms with E-state index in [0.29, 0.717) is 6.42 Å². The highest BCUT2D eigenvalue weighted by molar-refractivity contribution is 5.90. The lowest BCUT2D eigenvalue weighted by Crippen LogP contribution is -2.07. The summed E-state index contributed by atoms with van der Waals surface area (Å²) in [5.41, 5.74) is 2.09. The SMILES string of the molecule is COC(=O)C1=CC(C(C)(C)C)=CC1. The number of esters is 1. The summed E-state index contributed by atoms with van der Waals surface area (Å²) in [5, 5.41) is 0. The van der Waals surface area contributed by atoms with Gasteiger partial charge in [0.05, 0.1) is 7.11 Å². The van der Waals surface area contributed by atoms with E-state index >= 15 is 0 Å². The van der Waals surface area contributed by atoms with E-state index in [2.05, 4.69) is 31.6 Å². The fourth-order valence-electron chi connectivity index (χ4n) is 1.32. The van der Waals surface area contributed by atoms with Gasteiger partial charge in [-0.3, -0.25) is 0 Å². The van der Waals surface area contributed by atoms with Gasteiger partial charge in [-0.25, -0.2) is 4.79 Å². The van der Waals surface area contributed by atoms with Crippen molar-refractivity contribution in [2.24, 2.45) is 5.41 Å². The van der Waals surface area contributed by atoms with Gasteiger partial charge in [-0.15, -0.1) is 0 Å². The molecular formula is C11H16O2. The van der Waals surface area contributed by atoms with Gasteiger partial charge in [0.1, 0.15) is 0 Å². The molecule has 1 rings (SSSR count). The van der Waals surface area contributed by atoms with Gasteiger partial charge in [0, 0.05) is 5.57 Å². The molecule has 13 heavy (non-hydrogen) atoms. The molecule has 0 heterocycles. The molecule has 0 aromatic carbocycles. The van der Waals surface area contributed by atoms with Crippen molar-refractivity contribution in [1.82, 2.24) is 0 Å². The molecule has 0 N–H and O–H groups in total. The number of carbonyl (C=O) groups is 1. The molecule has 2 nitrogen and oxygen atoms in total. The standard InChI is InChI=1S/C11H16O2/c1-11(2,3)9-6-5-8(7-9)10(12)13-4/h6-7H,5H2,1-4H3. The van der Waals surface area contributed by atoms with Gasteiger partial charge in [-0.2, -0.15) is 0 Å². The Balaban J connectivity index is 2.77. The molecule has 0 bridgehead atoms. The van der Waals surface area contributed by atoms with Crippen molar-refractivity contribution in [2.75, 3.05) is 7.11 Å². The summed E-state index contributed by atoms with van der Waals surface area (Å²) in [6.45, 7) is 6.40. The van der Waals surface area contributed by atoms with E-state index in [1.165, 1.54) is 12.7 Å². The Bertz CT molecular complexity index is 277. The first-order valence-corrected chi connectivity index (χ1v) is 4.44. The molecule has 1 aliphatic carbocycles. The van der Waals surface area contributed by atoms with Crippen LogP contribution >= 0.6 is 0 Å². The van der Waals surface area contributed by atoms with Crippen LogP contribution in [0.4, 0.5) is 0 Å². The van der Waals surface area contributed by atoms with Gasteiger partial charge in [0.2, 0.25) is 0 Å². The highest BCUT2D eigenvalue weighted by atomic mass is 16.5. The summed E-state index contributed by atoms with van der Waals surface area (Å²) < 4.78 is 4.65. The van der Waals surface area contributed by atoms with E-state index in [1.807, 2.05) is 6.08 Å². The van der Waals surface area contributed by atoms with Crippen molar-refractivity contribution in [1.29, 1.82) is 0 Å². The third-order valence-electron chi connectivity index (χ3n) is 2.19. The van der Waals surface area contributed by atoms with Crippen LogP contribution in [0.25, 0.3) is 0 Å². The van der Waals surface area contributed by atoms with Crippen molar-refractivity contribution in [3.63, 3.8) is 0 Å². The van der Waals surface area contributed by atoms with E-state index in [0.717, 1.165) is 5.57 Å². The number of hydrogen-bond acceptors (Lipinski definition) is 2. The minimum absolute atomic E-state index is 0.121. The summed E-state index contributed by atoms with van der Waals surface area (Å²) >= 11 is 0. The van der Waals surface area contributed by atoms with Gasteiger partial charge < -0.3 is 4.74 Å². The maximum absolute atomic E-state index is 11.2. The summed E-state index contributed by atoms with van der Waals surface area (Å²) in [6, 6.07) is 0. The number of carbonyl (C=O) groups excluding carboxylic acids is 1. The number of allylic oxidation sites excluding steroid dienone is 3. The molecule has 72 valence electrons. The molecule has 0 atom stereocenters. The Morgan fingerprint density at radius 2 is 2.08 bits per heavy atom. The maximum Gasteiger partial charge on any atom is 0.334 e. The van der Waals surface area contributed by atoms with E-state index in [-0.39, 0.29) is 11.4 Å². The Morgan fingerprint density at radius 3 is 2.46 bits per heavy atom. The first-order valence-electron chi connectivity index (χ1n) is 4.44. The van der Waals surface area contributed by atoms with E-state index in [9.17, 15) is 4.79 Å². The highest BCUT2D eigenvalue weighted by Crippen LogP contribution is 2.32. The quantitative estimate of drug-likeness (QED) is 0.579. The fourth-order valence-corrected chi connectivity index (χ4v) is 1.32. The summed E-state index contributed by atoms with van der Waals surface area (Å²) in [6.07, 6.45) is 4.73. The van der Waals surface area contributed by atoms with Crippen molar-refractivity contribution >= 4 is 5.97 Å². The van der Waals surface area contributed by atoms with Crippen LogP contribution in [0.5, 0.6) is 0 Å². The smallest absolute Gasteiger partial charge is 0.334 e. The molecular weight excluding hydrogens is 164 g/mol. The molecule has 0 saturated heterocycles. The molecule has 0 aliphatic heterocycles. The number of hydrogen-bond donors (Lipinski definition) is 0. The lowest BCUT2D eigenvalue weighted by Gasteiger charge is -2.18. The lowest BCUT2D eigenvalue weighted by atomic mass is 9.87. The first-order chi connectivity index (χ1) is 5.95. The second kappa shape index (κ2) is 3.36. The summed E-state index contributed by atoms with van der Waals surface area (Å²) in [7, 11) is 1.41. The predicted octanol–water partition coefficient (Wildman–Crippen LogP) is 2.46. The van der Waals surface area contributed by atoms with E-state index in [4.69, 9.17) is 0 Å². The first kappa shape index (κ1) is 10.0. The van der Waals surface area contributed by atoms with Gasteiger partial charge in [-0.05, 0) is 23.5 Å². The van der Waals surface area contributed by atoms with Crippen LogP contribution in [0.2, 0.25) is 0 Å². The van der Waals surface area contributed by atoms with E-state index < -0.39 is 0 Å². The normalized spacial score (nSPS) is 16.6. The average molecular weight is 180 g/mol. The largest absolute Gasteiger partial charge is 0.466 e. The van der Waals surface area contributed by atoms with Crippen LogP contribution in [-0.2, 0) is 9.53 Å². The molecule has 0 amide bonds. The fraction of sp³-hybridized carbons (Fsp3) is 0.545. The summed E-state index contributed by atoms with van der Waals surface area (Å²) in [5.74, 6) is -0.212. The minimum Gasteiger partial charge on any atom is -0.466 e. The van der Waals surface area contributed by atoms with E-state index in [1.54, 1.807) is 0 Å². The monoisotopic (exact) mass is 180 g/mol. The van der Waals surface area contributed by atoms with Crippen LogP contribution in [0.15, 0.2) is 23.3 Å². The summed E-state index contributed by atoms with van der Waals surface area (Å²) in [4.78, 5) is 11.2. The Hall–Kier alpha value is -1.05. The number of methoxy groups -OCH3 is 1. The molecule has 0 aromatic rings. The zero-order valence-electron chi connectivity index (χ0n) is 8.68. The Labute approximate surface area is 79.3 Å². The third kappa shape index (κ3) is 2.20. The van der Waals surface area contributed by atoms with Crippen molar-refractivity contribution in [2.45, 2.75) is 27.2 Å². The molecule has 2 heteroatoms. The maximum atomic E-state index is 11.2. The predicted molar refractivity (Wildman–Crippen MR) is 52.3 cm³/mol. The molecule has 0 radical (unpaired) electrons. The van der Waals surface area contributed by atoms with Gasteiger partial charge in [-0.1, -0.05) is 26.8 Å². The number of ether oxygens (including phenoxy) is 1. The van der Waals surface area contributed by atoms with Crippen molar-refractivity contribution in [3.05, 3.63) is 23.3 Å². The van der Waals surface area contributed by atoms with Crippen LogP contribution in [0.3, 0.4) is 0 Å². The van der Waals surface area contributed by atoms with Crippen LogP contribution in [0.1, 0.15) is 27.2 Å². The molecule has 0 aromatic heterocycles. The lowest BCUT2D eigenvalue weighted by molar-refractivity contribution is -0.136. The van der Waals surface area contributed by atoms with Gasteiger partial charge >= 0.3 is 5.97 Å². The highest BCUT2D eigenvalue weighted by Gasteiger charge is 2.22. The third-order valence-corrected chi connectivity index (χ3v) is 2.19. The zero-order valence-corrected chi connectivity index (χ0v) is 8.68. The second-order valence-corrected chi connectivity index (χ2v) is 4.27. The second-order valence-electron chi connectivity index (χ2n) is 4.27. The van der Waals surface area contributed by atoms with Crippen LogP contribution in [0, 0.1) is 5.41 Å². The van der Waals surface area contributed by atoms with Crippen molar-refractivity contribution < 1.29 is 9.53 Å². The molecule has 0 unspecified atom stereocenters.